The van der Waals surface area contributed by atoms with Crippen LogP contribution in [0.2, 0.25) is 0 Å². The summed E-state index contributed by atoms with van der Waals surface area (Å²) in [6.07, 6.45) is 13.2. The Hall–Kier alpha value is -2.44. The molecule has 1 aromatic carbocycles. The fourth-order valence-electron chi connectivity index (χ4n) is 2.94. The second kappa shape index (κ2) is 17.6. The van der Waals surface area contributed by atoms with Gasteiger partial charge in [-0.25, -0.2) is 9.59 Å². The summed E-state index contributed by atoms with van der Waals surface area (Å²) >= 11 is 0. The molecule has 0 aliphatic carbocycles. The highest BCUT2D eigenvalue weighted by atomic mass is 16.7. The Balaban J connectivity index is 0.000000571. The Morgan fingerprint density at radius 1 is 0.828 bits per heavy atom. The highest BCUT2D eigenvalue weighted by Crippen LogP contribution is 2.16. The Kier molecular flexibility index (Phi) is 16.2. The molecule has 0 amide bonds. The van der Waals surface area contributed by atoms with E-state index in [0.29, 0.717) is 0 Å². The number of carboxylic acids is 2. The van der Waals surface area contributed by atoms with Gasteiger partial charge in [-0.2, -0.15) is 0 Å². The monoisotopic (exact) mass is 409 g/mol. The van der Waals surface area contributed by atoms with Crippen molar-refractivity contribution in [1.82, 2.24) is 0 Å². The van der Waals surface area contributed by atoms with E-state index in [-0.39, 0.29) is 17.2 Å². The van der Waals surface area contributed by atoms with Crippen molar-refractivity contribution in [3.8, 4) is 0 Å². The first-order valence-corrected chi connectivity index (χ1v) is 10.5. The summed E-state index contributed by atoms with van der Waals surface area (Å²) in [6.45, 7) is 4.42. The smallest absolute Gasteiger partial charge is 0.336 e. The third-order valence-corrected chi connectivity index (χ3v) is 4.59. The molecular weight excluding hydrogens is 374 g/mol. The Bertz CT molecular complexity index is 557. The first-order chi connectivity index (χ1) is 14.0. The van der Waals surface area contributed by atoms with Crippen LogP contribution in [0.1, 0.15) is 105 Å². The van der Waals surface area contributed by atoms with Gasteiger partial charge in [-0.15, -0.1) is 4.91 Å². The first-order valence-electron chi connectivity index (χ1n) is 10.5. The highest BCUT2D eigenvalue weighted by molar-refractivity contribution is 6.01. The molecule has 0 saturated carbocycles. The zero-order valence-corrected chi connectivity index (χ0v) is 17.6. The molecule has 29 heavy (non-hydrogen) atoms. The molecule has 0 fully saturated rings. The van der Waals surface area contributed by atoms with E-state index in [9.17, 15) is 14.5 Å². The van der Waals surface area contributed by atoms with Crippen molar-refractivity contribution in [1.29, 1.82) is 0 Å². The van der Waals surface area contributed by atoms with Gasteiger partial charge in [-0.3, -0.25) is 0 Å². The normalized spacial score (nSPS) is 11.1. The van der Waals surface area contributed by atoms with E-state index in [4.69, 9.17) is 15.1 Å². The van der Waals surface area contributed by atoms with Crippen molar-refractivity contribution in [3.05, 3.63) is 40.3 Å². The van der Waals surface area contributed by atoms with Gasteiger partial charge in [0.2, 0.25) is 0 Å². The average Bonchev–Trinajstić information content (AvgIpc) is 2.71. The van der Waals surface area contributed by atoms with Crippen LogP contribution >= 0.6 is 0 Å². The van der Waals surface area contributed by atoms with Crippen LogP contribution < -0.4 is 0 Å². The lowest BCUT2D eigenvalue weighted by Gasteiger charge is -2.12. The highest BCUT2D eigenvalue weighted by Gasteiger charge is 2.13. The van der Waals surface area contributed by atoms with Gasteiger partial charge in [-0.1, -0.05) is 70.9 Å². The van der Waals surface area contributed by atoms with Crippen LogP contribution in [-0.4, -0.2) is 28.3 Å². The molecule has 1 unspecified atom stereocenters. The third-order valence-electron chi connectivity index (χ3n) is 4.59. The van der Waals surface area contributed by atoms with Crippen LogP contribution in [0.3, 0.4) is 0 Å². The van der Waals surface area contributed by atoms with Crippen LogP contribution in [0, 0.1) is 4.91 Å². The minimum absolute atomic E-state index is 0.0611. The van der Waals surface area contributed by atoms with Gasteiger partial charge in [0.05, 0.1) is 11.1 Å². The molecule has 0 bridgehead atoms. The largest absolute Gasteiger partial charge is 0.478 e. The lowest BCUT2D eigenvalue weighted by atomic mass is 10.0. The summed E-state index contributed by atoms with van der Waals surface area (Å²) in [5, 5.41) is 19.7. The van der Waals surface area contributed by atoms with E-state index in [2.05, 4.69) is 19.2 Å². The van der Waals surface area contributed by atoms with E-state index in [1.807, 2.05) is 0 Å². The fourth-order valence-corrected chi connectivity index (χ4v) is 2.94. The second-order valence-corrected chi connectivity index (χ2v) is 7.01. The van der Waals surface area contributed by atoms with Crippen molar-refractivity contribution in [3.63, 3.8) is 0 Å². The summed E-state index contributed by atoms with van der Waals surface area (Å²) in [4.78, 5) is 36.0. The predicted molar refractivity (Wildman–Crippen MR) is 113 cm³/mol. The van der Waals surface area contributed by atoms with E-state index in [1.54, 1.807) is 0 Å². The quantitative estimate of drug-likeness (QED) is 0.195. The molecule has 0 spiro atoms. The molecule has 164 valence electrons. The molecule has 0 heterocycles. The number of hydrogen-bond acceptors (Lipinski definition) is 5. The molecule has 0 aromatic heterocycles. The van der Waals surface area contributed by atoms with Crippen molar-refractivity contribution in [2.24, 2.45) is 5.34 Å². The Labute approximate surface area is 173 Å². The number of nitrogens with zero attached hydrogens (tertiary/aromatic N) is 1. The molecule has 0 radical (unpaired) electrons. The van der Waals surface area contributed by atoms with Gasteiger partial charge in [0.1, 0.15) is 6.10 Å². The van der Waals surface area contributed by atoms with E-state index in [1.165, 1.54) is 69.2 Å². The molecule has 2 N–H and O–H groups in total. The zero-order valence-electron chi connectivity index (χ0n) is 17.6. The number of unbranched alkanes of at least 4 members (excludes halogenated alkanes) is 7. The fraction of sp³-hybridized carbons (Fsp3) is 0.636. The summed E-state index contributed by atoms with van der Waals surface area (Å²) in [5.41, 5.74) is -0.380. The van der Waals surface area contributed by atoms with E-state index >= 15 is 0 Å². The third kappa shape index (κ3) is 13.4. The van der Waals surface area contributed by atoms with Gasteiger partial charge in [0.25, 0.3) is 0 Å². The predicted octanol–water partition coefficient (Wildman–Crippen LogP) is 6.47. The summed E-state index contributed by atoms with van der Waals surface area (Å²) in [7, 11) is 0. The SMILES string of the molecule is CCCCCCCC(CCCCCC)ON=O.O=C(O)c1ccccc1C(=O)O. The topological polar surface area (TPSA) is 113 Å². The molecule has 0 saturated heterocycles. The molecule has 1 rings (SSSR count). The van der Waals surface area contributed by atoms with Crippen LogP contribution in [0.5, 0.6) is 0 Å². The number of carboxylic acid groups (broad SMARTS) is 2. The summed E-state index contributed by atoms with van der Waals surface area (Å²) in [5.74, 6) is -2.46. The van der Waals surface area contributed by atoms with Gasteiger partial charge in [0.15, 0.2) is 5.34 Å². The van der Waals surface area contributed by atoms with Crippen molar-refractivity contribution in [2.45, 2.75) is 90.6 Å². The maximum Gasteiger partial charge on any atom is 0.336 e. The maximum absolute atomic E-state index is 10.5. The second-order valence-electron chi connectivity index (χ2n) is 7.01. The Morgan fingerprint density at radius 3 is 1.62 bits per heavy atom. The van der Waals surface area contributed by atoms with Crippen LogP contribution in [-0.2, 0) is 4.84 Å². The average molecular weight is 410 g/mol. The van der Waals surface area contributed by atoms with Gasteiger partial charge in [-0.05, 0) is 37.8 Å². The molecule has 1 aromatic rings. The number of hydrogen-bond donors (Lipinski definition) is 2. The minimum Gasteiger partial charge on any atom is -0.478 e. The van der Waals surface area contributed by atoms with Crippen LogP contribution in [0.25, 0.3) is 0 Å². The first kappa shape index (κ1) is 26.6. The van der Waals surface area contributed by atoms with Crippen molar-refractivity contribution in [2.75, 3.05) is 0 Å². The molecule has 0 aliphatic heterocycles. The number of aromatic carboxylic acids is 2. The standard InChI is InChI=1S/C14H29NO2.C8H6O4/c1-3-5-7-9-11-13-14(17-15-16)12-10-8-6-4-2;9-7(10)5-3-1-2-4-6(5)8(11)12/h14H,3-13H2,1-2H3;1-4H,(H,9,10)(H,11,12). The van der Waals surface area contributed by atoms with Gasteiger partial charge in [0, 0.05) is 0 Å². The molecule has 1 atom stereocenters. The lowest BCUT2D eigenvalue weighted by molar-refractivity contribution is 0.0396. The maximum atomic E-state index is 10.5. The summed E-state index contributed by atoms with van der Waals surface area (Å²) in [6, 6.07) is 5.48. The van der Waals surface area contributed by atoms with Crippen LogP contribution in [0.4, 0.5) is 0 Å². The number of benzene rings is 1. The minimum atomic E-state index is -1.23. The molecule has 7 nitrogen and oxygen atoms in total. The summed E-state index contributed by atoms with van der Waals surface area (Å²) < 4.78 is 0. The molecular formula is C22H35NO6. The van der Waals surface area contributed by atoms with E-state index in [0.717, 1.165) is 25.7 Å². The van der Waals surface area contributed by atoms with Crippen molar-refractivity contribution < 1.29 is 24.6 Å². The van der Waals surface area contributed by atoms with E-state index < -0.39 is 11.9 Å². The van der Waals surface area contributed by atoms with Crippen LogP contribution in [0.15, 0.2) is 29.6 Å². The van der Waals surface area contributed by atoms with Crippen molar-refractivity contribution >= 4 is 11.9 Å². The lowest BCUT2D eigenvalue weighted by Crippen LogP contribution is -2.09. The number of carbonyl (C=O) groups is 2. The van der Waals surface area contributed by atoms with Gasteiger partial charge < -0.3 is 15.1 Å². The number of rotatable bonds is 15. The molecule has 7 heteroatoms. The molecule has 0 aliphatic rings. The van der Waals surface area contributed by atoms with Gasteiger partial charge >= 0.3 is 11.9 Å². The Morgan fingerprint density at radius 2 is 1.24 bits per heavy atom. The zero-order chi connectivity index (χ0) is 21.9.